The van der Waals surface area contributed by atoms with Gasteiger partial charge in [-0.1, -0.05) is 12.1 Å². The molecule has 3 N–H and O–H groups in total. The molecule has 0 aliphatic carbocycles. The van der Waals surface area contributed by atoms with Gasteiger partial charge in [0.15, 0.2) is 0 Å². The lowest BCUT2D eigenvalue weighted by Gasteiger charge is -2.04. The molecule has 0 bridgehead atoms. The van der Waals surface area contributed by atoms with E-state index < -0.39 is 0 Å². The van der Waals surface area contributed by atoms with Crippen molar-refractivity contribution in [3.63, 3.8) is 0 Å². The van der Waals surface area contributed by atoms with Gasteiger partial charge in [-0.15, -0.1) is 0 Å². The van der Waals surface area contributed by atoms with Gasteiger partial charge < -0.3 is 10.8 Å². The highest BCUT2D eigenvalue weighted by Gasteiger charge is 2.04. The number of phenols is 1. The van der Waals surface area contributed by atoms with E-state index in [9.17, 15) is 5.11 Å². The molecule has 3 heteroatoms. The van der Waals surface area contributed by atoms with Gasteiger partial charge in [-0.05, 0) is 17.5 Å². The monoisotopic (exact) mass is 174 g/mol. The fraction of sp³-hybridized carbons (Fsp3) is 0.100. The molecule has 1 aromatic carbocycles. The molecule has 0 unspecified atom stereocenters. The predicted octanol–water partition coefficient (Wildman–Crippen LogP) is 1.40. The van der Waals surface area contributed by atoms with Crippen molar-refractivity contribution in [3.8, 4) is 5.75 Å². The summed E-state index contributed by atoms with van der Waals surface area (Å²) in [7, 11) is 0. The molecule has 0 aliphatic rings. The van der Waals surface area contributed by atoms with Crippen LogP contribution in [-0.4, -0.2) is 10.1 Å². The molecule has 0 fully saturated rings. The number of pyridine rings is 1. The molecule has 0 radical (unpaired) electrons. The average molecular weight is 174 g/mol. The number of phenolic OH excluding ortho intramolecular Hbond substituents is 1. The first-order valence-corrected chi connectivity index (χ1v) is 4.08. The van der Waals surface area contributed by atoms with Crippen LogP contribution in [0.4, 0.5) is 0 Å². The lowest BCUT2D eigenvalue weighted by Crippen LogP contribution is -1.99. The minimum Gasteiger partial charge on any atom is -0.507 e. The maximum absolute atomic E-state index is 9.59. The highest BCUT2D eigenvalue weighted by atomic mass is 16.3. The third kappa shape index (κ3) is 1.23. The van der Waals surface area contributed by atoms with Crippen LogP contribution in [0, 0.1) is 0 Å². The normalized spacial score (nSPS) is 10.5. The standard InChI is InChI=1S/C10H10N2O/c11-6-8-10-7(4-5-12-8)2-1-3-9(10)13/h1-5,13H,6,11H2. The largest absolute Gasteiger partial charge is 0.507 e. The van der Waals surface area contributed by atoms with Gasteiger partial charge in [0.2, 0.25) is 0 Å². The maximum atomic E-state index is 9.59. The van der Waals surface area contributed by atoms with E-state index in [1.54, 1.807) is 18.3 Å². The second-order valence-corrected chi connectivity index (χ2v) is 2.84. The summed E-state index contributed by atoms with van der Waals surface area (Å²) in [6, 6.07) is 7.23. The predicted molar refractivity (Wildman–Crippen MR) is 51.3 cm³/mol. The number of benzene rings is 1. The first kappa shape index (κ1) is 8.01. The molecule has 0 atom stereocenters. The van der Waals surface area contributed by atoms with Crippen molar-refractivity contribution >= 4 is 10.8 Å². The molecule has 3 nitrogen and oxygen atoms in total. The molecule has 1 aromatic heterocycles. The molecule has 13 heavy (non-hydrogen) atoms. The lowest BCUT2D eigenvalue weighted by atomic mass is 10.1. The Hall–Kier alpha value is -1.61. The Kier molecular flexibility index (Phi) is 1.87. The van der Waals surface area contributed by atoms with Crippen LogP contribution in [0.2, 0.25) is 0 Å². The Bertz CT molecular complexity index is 435. The zero-order chi connectivity index (χ0) is 9.26. The number of hydrogen-bond donors (Lipinski definition) is 2. The quantitative estimate of drug-likeness (QED) is 0.687. The molecular formula is C10H10N2O. The van der Waals surface area contributed by atoms with E-state index >= 15 is 0 Å². The number of aromatic nitrogens is 1. The smallest absolute Gasteiger partial charge is 0.125 e. The minimum absolute atomic E-state index is 0.242. The third-order valence-corrected chi connectivity index (χ3v) is 2.04. The summed E-state index contributed by atoms with van der Waals surface area (Å²) in [6.07, 6.45) is 1.70. The Balaban J connectivity index is 2.87. The van der Waals surface area contributed by atoms with Crippen molar-refractivity contribution < 1.29 is 5.11 Å². The molecule has 0 saturated heterocycles. The summed E-state index contributed by atoms with van der Waals surface area (Å²) in [4.78, 5) is 4.10. The van der Waals surface area contributed by atoms with Crippen LogP contribution in [0.3, 0.4) is 0 Å². The Morgan fingerprint density at radius 2 is 2.15 bits per heavy atom. The molecular weight excluding hydrogens is 164 g/mol. The van der Waals surface area contributed by atoms with Crippen LogP contribution in [0.15, 0.2) is 30.5 Å². The number of fused-ring (bicyclic) bond motifs is 1. The molecule has 66 valence electrons. The van der Waals surface area contributed by atoms with Crippen LogP contribution in [0.1, 0.15) is 5.69 Å². The second kappa shape index (κ2) is 3.03. The molecule has 1 heterocycles. The van der Waals surface area contributed by atoms with Crippen molar-refractivity contribution in [2.45, 2.75) is 6.54 Å². The van der Waals surface area contributed by atoms with Crippen LogP contribution in [-0.2, 0) is 6.54 Å². The fourth-order valence-electron chi connectivity index (χ4n) is 1.44. The first-order valence-electron chi connectivity index (χ1n) is 4.08. The van der Waals surface area contributed by atoms with E-state index in [4.69, 9.17) is 5.73 Å². The SMILES string of the molecule is NCc1nccc2cccc(O)c12. The fourth-order valence-corrected chi connectivity index (χ4v) is 1.44. The Morgan fingerprint density at radius 3 is 2.92 bits per heavy atom. The van der Waals surface area contributed by atoms with E-state index in [0.29, 0.717) is 6.54 Å². The van der Waals surface area contributed by atoms with Gasteiger partial charge in [-0.25, -0.2) is 0 Å². The van der Waals surface area contributed by atoms with Crippen LogP contribution >= 0.6 is 0 Å². The van der Waals surface area contributed by atoms with Gasteiger partial charge >= 0.3 is 0 Å². The molecule has 0 aliphatic heterocycles. The van der Waals surface area contributed by atoms with Crippen molar-refractivity contribution in [1.29, 1.82) is 0 Å². The highest BCUT2D eigenvalue weighted by Crippen LogP contribution is 2.25. The second-order valence-electron chi connectivity index (χ2n) is 2.84. The first-order chi connectivity index (χ1) is 6.33. The van der Waals surface area contributed by atoms with Crippen LogP contribution in [0.5, 0.6) is 5.75 Å². The number of nitrogens with zero attached hydrogens (tertiary/aromatic N) is 1. The van der Waals surface area contributed by atoms with E-state index in [-0.39, 0.29) is 5.75 Å². The average Bonchev–Trinajstić information content (AvgIpc) is 2.17. The van der Waals surface area contributed by atoms with Crippen molar-refractivity contribution in [2.75, 3.05) is 0 Å². The third-order valence-electron chi connectivity index (χ3n) is 2.04. The van der Waals surface area contributed by atoms with Gasteiger partial charge in [0.05, 0.1) is 5.69 Å². The molecule has 2 aromatic rings. The van der Waals surface area contributed by atoms with Crippen molar-refractivity contribution in [3.05, 3.63) is 36.2 Å². The summed E-state index contributed by atoms with van der Waals surface area (Å²) in [5.41, 5.74) is 6.24. The summed E-state index contributed by atoms with van der Waals surface area (Å²) in [5, 5.41) is 11.3. The zero-order valence-corrected chi connectivity index (χ0v) is 7.07. The number of hydrogen-bond acceptors (Lipinski definition) is 3. The minimum atomic E-state index is 0.242. The lowest BCUT2D eigenvalue weighted by molar-refractivity contribution is 0.481. The topological polar surface area (TPSA) is 59.1 Å². The highest BCUT2D eigenvalue weighted by molar-refractivity contribution is 5.89. The number of rotatable bonds is 1. The summed E-state index contributed by atoms with van der Waals surface area (Å²) in [6.45, 7) is 0.342. The molecule has 0 amide bonds. The van der Waals surface area contributed by atoms with Gasteiger partial charge in [-0.3, -0.25) is 4.98 Å². The summed E-state index contributed by atoms with van der Waals surface area (Å²) >= 11 is 0. The van der Waals surface area contributed by atoms with Gasteiger partial charge in [0, 0.05) is 18.1 Å². The van der Waals surface area contributed by atoms with Gasteiger partial charge in [0.25, 0.3) is 0 Å². The Labute approximate surface area is 75.8 Å². The molecule has 0 spiro atoms. The number of aromatic hydroxyl groups is 1. The van der Waals surface area contributed by atoms with Crippen molar-refractivity contribution in [2.24, 2.45) is 5.73 Å². The van der Waals surface area contributed by atoms with Gasteiger partial charge in [-0.2, -0.15) is 0 Å². The van der Waals surface area contributed by atoms with E-state index in [1.165, 1.54) is 0 Å². The Morgan fingerprint density at radius 1 is 1.31 bits per heavy atom. The molecule has 0 saturated carbocycles. The van der Waals surface area contributed by atoms with Crippen molar-refractivity contribution in [1.82, 2.24) is 4.98 Å². The van der Waals surface area contributed by atoms with E-state index in [0.717, 1.165) is 16.5 Å². The summed E-state index contributed by atoms with van der Waals surface area (Å²) in [5.74, 6) is 0.242. The van der Waals surface area contributed by atoms with Crippen LogP contribution in [0.25, 0.3) is 10.8 Å². The molecule has 2 rings (SSSR count). The maximum Gasteiger partial charge on any atom is 0.125 e. The van der Waals surface area contributed by atoms with E-state index in [1.807, 2.05) is 12.1 Å². The number of nitrogens with two attached hydrogens (primary N) is 1. The van der Waals surface area contributed by atoms with E-state index in [2.05, 4.69) is 4.98 Å². The summed E-state index contributed by atoms with van der Waals surface area (Å²) < 4.78 is 0. The van der Waals surface area contributed by atoms with Gasteiger partial charge in [0.1, 0.15) is 5.75 Å². The zero-order valence-electron chi connectivity index (χ0n) is 7.07. The van der Waals surface area contributed by atoms with Crippen LogP contribution < -0.4 is 5.73 Å².